The Kier molecular flexibility index (Phi) is 4.97. The topological polar surface area (TPSA) is 53.4 Å². The van der Waals surface area contributed by atoms with Crippen molar-refractivity contribution in [1.29, 1.82) is 0 Å². The third-order valence-electron chi connectivity index (χ3n) is 4.75. The van der Waals surface area contributed by atoms with Crippen molar-refractivity contribution in [3.8, 4) is 0 Å². The van der Waals surface area contributed by atoms with E-state index in [1.165, 1.54) is 32.4 Å². The second-order valence-electron chi connectivity index (χ2n) is 6.60. The van der Waals surface area contributed by atoms with Gasteiger partial charge in [-0.1, -0.05) is 0 Å². The summed E-state index contributed by atoms with van der Waals surface area (Å²) >= 11 is 0. The Bertz CT molecular complexity index is 469. The maximum Gasteiger partial charge on any atom is 0.317 e. The van der Waals surface area contributed by atoms with E-state index >= 15 is 0 Å². The van der Waals surface area contributed by atoms with Gasteiger partial charge in [-0.15, -0.1) is 0 Å². The van der Waals surface area contributed by atoms with Crippen LogP contribution in [0.4, 0.5) is 4.79 Å². The Labute approximate surface area is 132 Å². The number of rotatable bonds is 4. The molecule has 122 valence electrons. The lowest BCUT2D eigenvalue weighted by Gasteiger charge is -2.38. The summed E-state index contributed by atoms with van der Waals surface area (Å²) in [5.74, 6) is 0. The van der Waals surface area contributed by atoms with Crippen LogP contribution in [0.25, 0.3) is 0 Å². The number of nitrogens with zero attached hydrogens (tertiary/aromatic N) is 4. The molecule has 0 saturated carbocycles. The third kappa shape index (κ3) is 3.80. The van der Waals surface area contributed by atoms with Crippen LogP contribution in [-0.4, -0.2) is 63.6 Å². The number of carbonyl (C=O) groups excluding carboxylic acids is 1. The highest BCUT2D eigenvalue weighted by molar-refractivity contribution is 5.74. The van der Waals surface area contributed by atoms with Gasteiger partial charge in [0, 0.05) is 44.1 Å². The normalized spacial score (nSPS) is 24.4. The van der Waals surface area contributed by atoms with Crippen molar-refractivity contribution >= 4 is 6.03 Å². The predicted octanol–water partition coefficient (Wildman–Crippen LogP) is 1.54. The third-order valence-corrected chi connectivity index (χ3v) is 4.75. The first-order chi connectivity index (χ1) is 10.7. The monoisotopic (exact) mass is 305 g/mol. The van der Waals surface area contributed by atoms with Gasteiger partial charge < -0.3 is 14.8 Å². The number of carbonyl (C=O) groups is 1. The minimum absolute atomic E-state index is 0.0801. The molecule has 1 aromatic heterocycles. The van der Waals surface area contributed by atoms with Crippen LogP contribution in [0.3, 0.4) is 0 Å². The molecule has 2 aliphatic heterocycles. The van der Waals surface area contributed by atoms with E-state index in [1.807, 2.05) is 22.6 Å². The van der Waals surface area contributed by atoms with Gasteiger partial charge in [-0.25, -0.2) is 9.78 Å². The Morgan fingerprint density at radius 2 is 2.14 bits per heavy atom. The molecule has 2 saturated heterocycles. The molecule has 0 aliphatic carbocycles. The summed E-state index contributed by atoms with van der Waals surface area (Å²) in [6.07, 6.45) is 10.4. The lowest BCUT2D eigenvalue weighted by atomic mass is 10.0. The smallest absolute Gasteiger partial charge is 0.317 e. The highest BCUT2D eigenvalue weighted by atomic mass is 16.2. The van der Waals surface area contributed by atoms with Gasteiger partial charge >= 0.3 is 6.03 Å². The van der Waals surface area contributed by atoms with Gasteiger partial charge in [-0.3, -0.25) is 4.90 Å². The number of aromatic nitrogens is 2. The molecule has 3 heterocycles. The predicted molar refractivity (Wildman–Crippen MR) is 85.6 cm³/mol. The van der Waals surface area contributed by atoms with Crippen molar-refractivity contribution in [3.05, 3.63) is 18.7 Å². The van der Waals surface area contributed by atoms with Gasteiger partial charge in [0.25, 0.3) is 0 Å². The van der Waals surface area contributed by atoms with E-state index in [4.69, 9.17) is 0 Å². The minimum Gasteiger partial charge on any atom is -0.335 e. The summed E-state index contributed by atoms with van der Waals surface area (Å²) in [7, 11) is 0. The van der Waals surface area contributed by atoms with Crippen molar-refractivity contribution in [2.75, 3.05) is 26.2 Å². The summed E-state index contributed by atoms with van der Waals surface area (Å²) in [6, 6.07) is 0.747. The minimum atomic E-state index is 0.0801. The van der Waals surface area contributed by atoms with Crippen molar-refractivity contribution in [2.45, 2.75) is 51.2 Å². The van der Waals surface area contributed by atoms with Crippen LogP contribution in [0.2, 0.25) is 0 Å². The molecule has 2 atom stereocenters. The summed E-state index contributed by atoms with van der Waals surface area (Å²) in [5.41, 5.74) is 0. The van der Waals surface area contributed by atoms with Crippen molar-refractivity contribution < 1.29 is 4.79 Å². The zero-order chi connectivity index (χ0) is 15.4. The van der Waals surface area contributed by atoms with Crippen LogP contribution in [0.5, 0.6) is 0 Å². The number of hydrogen-bond donors (Lipinski definition) is 1. The van der Waals surface area contributed by atoms with E-state index in [0.29, 0.717) is 6.04 Å². The first-order valence-corrected chi connectivity index (χ1v) is 8.47. The van der Waals surface area contributed by atoms with E-state index in [1.54, 1.807) is 12.5 Å². The number of urea groups is 1. The largest absolute Gasteiger partial charge is 0.335 e. The number of imidazole rings is 1. The molecule has 0 aromatic carbocycles. The Morgan fingerprint density at radius 1 is 1.32 bits per heavy atom. The lowest BCUT2D eigenvalue weighted by molar-refractivity contribution is 0.123. The molecule has 2 fully saturated rings. The second-order valence-corrected chi connectivity index (χ2v) is 6.60. The average molecular weight is 305 g/mol. The zero-order valence-corrected chi connectivity index (χ0v) is 13.4. The second kappa shape index (κ2) is 7.13. The summed E-state index contributed by atoms with van der Waals surface area (Å²) in [4.78, 5) is 21.1. The molecule has 2 aliphatic rings. The van der Waals surface area contributed by atoms with E-state index in [-0.39, 0.29) is 12.1 Å². The van der Waals surface area contributed by atoms with Crippen molar-refractivity contribution in [2.24, 2.45) is 0 Å². The van der Waals surface area contributed by atoms with Crippen molar-refractivity contribution in [3.63, 3.8) is 0 Å². The van der Waals surface area contributed by atoms with Gasteiger partial charge in [0.1, 0.15) is 0 Å². The van der Waals surface area contributed by atoms with Crippen LogP contribution >= 0.6 is 0 Å². The van der Waals surface area contributed by atoms with Gasteiger partial charge in [0.2, 0.25) is 0 Å². The molecular formula is C16H27N5O. The van der Waals surface area contributed by atoms with E-state index in [9.17, 15) is 4.79 Å². The Balaban J connectivity index is 1.48. The highest BCUT2D eigenvalue weighted by Crippen LogP contribution is 2.20. The molecular weight excluding hydrogens is 278 g/mol. The molecule has 0 bridgehead atoms. The van der Waals surface area contributed by atoms with Crippen molar-refractivity contribution in [1.82, 2.24) is 24.7 Å². The highest BCUT2D eigenvalue weighted by Gasteiger charge is 2.29. The van der Waals surface area contributed by atoms with Crippen LogP contribution < -0.4 is 5.32 Å². The fourth-order valence-corrected chi connectivity index (χ4v) is 3.60. The first kappa shape index (κ1) is 15.3. The molecule has 6 heteroatoms. The maximum absolute atomic E-state index is 12.5. The van der Waals surface area contributed by atoms with Gasteiger partial charge in [0.15, 0.2) is 0 Å². The summed E-state index contributed by atoms with van der Waals surface area (Å²) in [5, 5.41) is 3.12. The molecule has 0 spiro atoms. The Hall–Kier alpha value is -1.56. The Morgan fingerprint density at radius 3 is 2.86 bits per heavy atom. The summed E-state index contributed by atoms with van der Waals surface area (Å²) < 4.78 is 1.99. The standard InChI is InChI=1S/C16H27N5O/c1-14(11-19-10-6-17-13-19)18-16(22)21-9-4-5-15(12-21)20-7-2-3-8-20/h6,10,13-15H,2-5,7-9,11-12H2,1H3,(H,18,22). The maximum atomic E-state index is 12.5. The SMILES string of the molecule is CC(Cn1ccnc1)NC(=O)N1CCCC(N2CCCC2)C1. The number of nitrogens with one attached hydrogen (secondary N) is 1. The molecule has 3 rings (SSSR count). The number of piperidine rings is 1. The van der Waals surface area contributed by atoms with Gasteiger partial charge in [-0.05, 0) is 45.7 Å². The fourth-order valence-electron chi connectivity index (χ4n) is 3.60. The molecule has 2 amide bonds. The molecule has 2 unspecified atom stereocenters. The molecule has 1 N–H and O–H groups in total. The fraction of sp³-hybridized carbons (Fsp3) is 0.750. The quantitative estimate of drug-likeness (QED) is 0.918. The van der Waals surface area contributed by atoms with Crippen LogP contribution in [-0.2, 0) is 6.54 Å². The number of amides is 2. The van der Waals surface area contributed by atoms with E-state index < -0.39 is 0 Å². The molecule has 0 radical (unpaired) electrons. The van der Waals surface area contributed by atoms with E-state index in [2.05, 4.69) is 15.2 Å². The lowest BCUT2D eigenvalue weighted by Crippen LogP contribution is -2.53. The van der Waals surface area contributed by atoms with E-state index in [0.717, 1.165) is 26.1 Å². The van der Waals surface area contributed by atoms with Crippen LogP contribution in [0.1, 0.15) is 32.6 Å². The number of likely N-dealkylation sites (tertiary alicyclic amines) is 2. The summed E-state index contributed by atoms with van der Waals surface area (Å²) in [6.45, 7) is 6.97. The average Bonchev–Trinajstić information content (AvgIpc) is 3.20. The first-order valence-electron chi connectivity index (χ1n) is 8.47. The van der Waals surface area contributed by atoms with Gasteiger partial charge in [0.05, 0.1) is 6.33 Å². The van der Waals surface area contributed by atoms with Gasteiger partial charge in [-0.2, -0.15) is 0 Å². The molecule has 6 nitrogen and oxygen atoms in total. The number of hydrogen-bond acceptors (Lipinski definition) is 3. The van der Waals surface area contributed by atoms with Crippen LogP contribution in [0.15, 0.2) is 18.7 Å². The zero-order valence-electron chi connectivity index (χ0n) is 13.4. The van der Waals surface area contributed by atoms with Crippen LogP contribution in [0, 0.1) is 0 Å². The molecule has 22 heavy (non-hydrogen) atoms. The molecule has 1 aromatic rings.